The van der Waals surface area contributed by atoms with Crippen LogP contribution in [0.2, 0.25) is 5.02 Å². The molecule has 100 valence electrons. The first kappa shape index (κ1) is 13.2. The van der Waals surface area contributed by atoms with Gasteiger partial charge < -0.3 is 5.32 Å². The molecule has 0 fully saturated rings. The van der Waals surface area contributed by atoms with E-state index >= 15 is 0 Å². The number of benzene rings is 3. The van der Waals surface area contributed by atoms with Crippen LogP contribution in [-0.4, -0.2) is 0 Å². The zero-order chi connectivity index (χ0) is 13.8. The second kappa shape index (κ2) is 6.08. The van der Waals surface area contributed by atoms with Crippen LogP contribution in [-0.2, 0) is 13.1 Å². The largest absolute Gasteiger partial charge is 0.309 e. The minimum absolute atomic E-state index is 0.787. The van der Waals surface area contributed by atoms with Crippen molar-refractivity contribution < 1.29 is 0 Å². The first-order valence-corrected chi connectivity index (χ1v) is 7.12. The van der Waals surface area contributed by atoms with Gasteiger partial charge in [-0.3, -0.25) is 0 Å². The topological polar surface area (TPSA) is 12.0 Å². The highest BCUT2D eigenvalue weighted by molar-refractivity contribution is 6.30. The van der Waals surface area contributed by atoms with Gasteiger partial charge >= 0.3 is 0 Å². The summed E-state index contributed by atoms with van der Waals surface area (Å²) in [6.45, 7) is 1.69. The normalized spacial score (nSPS) is 10.8. The quantitative estimate of drug-likeness (QED) is 0.725. The molecule has 0 heterocycles. The number of hydrogen-bond donors (Lipinski definition) is 1. The van der Waals surface area contributed by atoms with Crippen molar-refractivity contribution in [2.24, 2.45) is 0 Å². The highest BCUT2D eigenvalue weighted by atomic mass is 35.5. The van der Waals surface area contributed by atoms with Crippen molar-refractivity contribution in [3.63, 3.8) is 0 Å². The molecule has 0 saturated heterocycles. The van der Waals surface area contributed by atoms with E-state index in [1.807, 2.05) is 18.2 Å². The summed E-state index contributed by atoms with van der Waals surface area (Å²) in [4.78, 5) is 0. The summed E-state index contributed by atoms with van der Waals surface area (Å²) in [7, 11) is 0. The van der Waals surface area contributed by atoms with E-state index in [9.17, 15) is 0 Å². The average molecular weight is 282 g/mol. The van der Waals surface area contributed by atoms with Crippen LogP contribution in [0.1, 0.15) is 11.1 Å². The molecule has 3 aromatic rings. The van der Waals surface area contributed by atoms with Gasteiger partial charge in [0.1, 0.15) is 0 Å². The molecule has 2 heteroatoms. The van der Waals surface area contributed by atoms with Gasteiger partial charge in [-0.25, -0.2) is 0 Å². The molecule has 0 saturated carbocycles. The summed E-state index contributed by atoms with van der Waals surface area (Å²) < 4.78 is 0. The minimum Gasteiger partial charge on any atom is -0.309 e. The predicted molar refractivity (Wildman–Crippen MR) is 85.9 cm³/mol. The minimum atomic E-state index is 0.787. The lowest BCUT2D eigenvalue weighted by Gasteiger charge is -2.07. The van der Waals surface area contributed by atoms with Gasteiger partial charge in [-0.2, -0.15) is 0 Å². The maximum atomic E-state index is 5.98. The summed E-state index contributed by atoms with van der Waals surface area (Å²) in [6.07, 6.45) is 0. The molecule has 0 radical (unpaired) electrons. The van der Waals surface area contributed by atoms with E-state index in [-0.39, 0.29) is 0 Å². The molecule has 0 bridgehead atoms. The zero-order valence-corrected chi connectivity index (χ0v) is 11.9. The lowest BCUT2D eigenvalue weighted by molar-refractivity contribution is 0.694. The number of nitrogens with one attached hydrogen (secondary N) is 1. The van der Waals surface area contributed by atoms with Crippen LogP contribution < -0.4 is 5.32 Å². The van der Waals surface area contributed by atoms with Gasteiger partial charge in [0.25, 0.3) is 0 Å². The standard InChI is InChI=1S/C18H16ClN/c19-18-7-3-4-14(11-18)12-20-13-15-8-9-16-5-1-2-6-17(16)10-15/h1-11,20H,12-13H2. The van der Waals surface area contributed by atoms with Crippen LogP contribution in [0.25, 0.3) is 10.8 Å². The van der Waals surface area contributed by atoms with E-state index in [1.54, 1.807) is 0 Å². The van der Waals surface area contributed by atoms with Gasteiger partial charge in [0.15, 0.2) is 0 Å². The number of halogens is 1. The molecule has 3 rings (SSSR count). The fraction of sp³-hybridized carbons (Fsp3) is 0.111. The van der Waals surface area contributed by atoms with Gasteiger partial charge in [0.2, 0.25) is 0 Å². The van der Waals surface area contributed by atoms with Crippen molar-refractivity contribution in [1.82, 2.24) is 5.32 Å². The van der Waals surface area contributed by atoms with Gasteiger partial charge in [0, 0.05) is 18.1 Å². The molecule has 0 amide bonds. The molecule has 3 aromatic carbocycles. The fourth-order valence-electron chi connectivity index (χ4n) is 2.35. The average Bonchev–Trinajstić information content (AvgIpc) is 2.47. The summed E-state index contributed by atoms with van der Waals surface area (Å²) in [5, 5.41) is 6.81. The predicted octanol–water partition coefficient (Wildman–Crippen LogP) is 4.78. The molecule has 1 N–H and O–H groups in total. The number of fused-ring (bicyclic) bond motifs is 1. The van der Waals surface area contributed by atoms with E-state index < -0.39 is 0 Å². The van der Waals surface area contributed by atoms with Gasteiger partial charge in [-0.05, 0) is 40.1 Å². The smallest absolute Gasteiger partial charge is 0.0409 e. The molecular weight excluding hydrogens is 266 g/mol. The maximum absolute atomic E-state index is 5.98. The Labute approximate surface area is 124 Å². The summed E-state index contributed by atoms with van der Waals surface area (Å²) in [5.41, 5.74) is 2.50. The van der Waals surface area contributed by atoms with E-state index in [0.717, 1.165) is 18.1 Å². The zero-order valence-electron chi connectivity index (χ0n) is 11.1. The van der Waals surface area contributed by atoms with E-state index in [0.29, 0.717) is 0 Å². The molecule has 20 heavy (non-hydrogen) atoms. The van der Waals surface area contributed by atoms with E-state index in [4.69, 9.17) is 11.6 Å². The first-order valence-electron chi connectivity index (χ1n) is 6.74. The molecular formula is C18H16ClN. The van der Waals surface area contributed by atoms with Crippen LogP contribution in [0, 0.1) is 0 Å². The number of rotatable bonds is 4. The highest BCUT2D eigenvalue weighted by Gasteiger charge is 1.97. The van der Waals surface area contributed by atoms with Crippen molar-refractivity contribution in [3.8, 4) is 0 Å². The molecule has 0 unspecified atom stereocenters. The third kappa shape index (κ3) is 3.19. The third-order valence-corrected chi connectivity index (χ3v) is 3.60. The maximum Gasteiger partial charge on any atom is 0.0409 e. The lowest BCUT2D eigenvalue weighted by Crippen LogP contribution is -2.12. The summed E-state index contributed by atoms with van der Waals surface area (Å²) in [5.74, 6) is 0. The Morgan fingerprint density at radius 3 is 2.25 bits per heavy atom. The Hall–Kier alpha value is -1.83. The van der Waals surface area contributed by atoms with Crippen LogP contribution in [0.4, 0.5) is 0 Å². The van der Waals surface area contributed by atoms with Gasteiger partial charge in [0.05, 0.1) is 0 Å². The molecule has 0 aromatic heterocycles. The van der Waals surface area contributed by atoms with Gasteiger partial charge in [-0.15, -0.1) is 0 Å². The Morgan fingerprint density at radius 2 is 1.45 bits per heavy atom. The van der Waals surface area contributed by atoms with Crippen molar-refractivity contribution in [2.45, 2.75) is 13.1 Å². The fourth-order valence-corrected chi connectivity index (χ4v) is 2.56. The van der Waals surface area contributed by atoms with Crippen molar-refractivity contribution in [1.29, 1.82) is 0 Å². The molecule has 0 aliphatic rings. The molecule has 0 aliphatic carbocycles. The molecule has 0 spiro atoms. The lowest BCUT2D eigenvalue weighted by atomic mass is 10.1. The Bertz CT molecular complexity index is 721. The molecule has 0 atom stereocenters. The van der Waals surface area contributed by atoms with Crippen molar-refractivity contribution in [3.05, 3.63) is 82.9 Å². The summed E-state index contributed by atoms with van der Waals surface area (Å²) in [6, 6.07) is 23.0. The Morgan fingerprint density at radius 1 is 0.700 bits per heavy atom. The van der Waals surface area contributed by atoms with E-state index in [1.165, 1.54) is 21.9 Å². The van der Waals surface area contributed by atoms with Crippen LogP contribution in [0.15, 0.2) is 66.7 Å². The molecule has 1 nitrogen and oxygen atoms in total. The van der Waals surface area contributed by atoms with Gasteiger partial charge in [-0.1, -0.05) is 60.1 Å². The van der Waals surface area contributed by atoms with Crippen LogP contribution in [0.3, 0.4) is 0 Å². The Balaban J connectivity index is 1.65. The monoisotopic (exact) mass is 281 g/mol. The van der Waals surface area contributed by atoms with Crippen molar-refractivity contribution in [2.75, 3.05) is 0 Å². The molecule has 0 aliphatic heterocycles. The second-order valence-electron chi connectivity index (χ2n) is 4.91. The van der Waals surface area contributed by atoms with Crippen LogP contribution in [0.5, 0.6) is 0 Å². The SMILES string of the molecule is Clc1cccc(CNCc2ccc3ccccc3c2)c1. The second-order valence-corrected chi connectivity index (χ2v) is 5.35. The first-order chi connectivity index (χ1) is 9.81. The summed E-state index contributed by atoms with van der Waals surface area (Å²) >= 11 is 5.98. The Kier molecular flexibility index (Phi) is 4.00. The number of hydrogen-bond acceptors (Lipinski definition) is 1. The van der Waals surface area contributed by atoms with Crippen molar-refractivity contribution >= 4 is 22.4 Å². The van der Waals surface area contributed by atoms with E-state index in [2.05, 4.69) is 53.8 Å². The highest BCUT2D eigenvalue weighted by Crippen LogP contribution is 2.16. The third-order valence-electron chi connectivity index (χ3n) is 3.36. The van der Waals surface area contributed by atoms with Crippen LogP contribution >= 0.6 is 11.6 Å².